The van der Waals surface area contributed by atoms with Crippen LogP contribution in [0.15, 0.2) is 60.8 Å². The Morgan fingerprint density at radius 2 is 1.62 bits per heavy atom. The van der Waals surface area contributed by atoms with Gasteiger partial charge >= 0.3 is 18.1 Å². The average Bonchev–Trinajstić information content (AvgIpc) is 1.10. The summed E-state index contributed by atoms with van der Waals surface area (Å²) >= 11 is 0. The maximum absolute atomic E-state index is 16.9. The molecule has 4 aromatic carbocycles. The molecule has 0 radical (unpaired) electrons. The lowest BCUT2D eigenvalue weighted by atomic mass is 9.88. The van der Waals surface area contributed by atoms with Gasteiger partial charge in [-0.2, -0.15) is 20.2 Å². The van der Waals surface area contributed by atoms with E-state index in [1.165, 1.54) is 4.90 Å². The number of amides is 5. The second-order valence-corrected chi connectivity index (χ2v) is 26.1. The number of fused-ring (bicyclic) bond motifs is 5. The number of hydrogen-bond acceptors (Lipinski definition) is 15. The highest BCUT2D eigenvalue weighted by Gasteiger charge is 2.48. The highest BCUT2D eigenvalue weighted by Crippen LogP contribution is 2.54. The number of anilines is 2. The van der Waals surface area contributed by atoms with Crippen molar-refractivity contribution in [1.82, 2.24) is 49.5 Å². The highest BCUT2D eigenvalue weighted by atomic mass is 19.1. The number of halogens is 1. The molecule has 0 spiro atoms. The van der Waals surface area contributed by atoms with E-state index in [-0.39, 0.29) is 85.7 Å². The lowest BCUT2D eigenvalue weighted by molar-refractivity contribution is -0.120. The van der Waals surface area contributed by atoms with Crippen molar-refractivity contribution in [2.45, 2.75) is 147 Å². The molecular formula is C66H77FN12O9. The predicted molar refractivity (Wildman–Crippen MR) is 328 cm³/mol. The van der Waals surface area contributed by atoms with Gasteiger partial charge in [0.25, 0.3) is 5.91 Å². The van der Waals surface area contributed by atoms with Gasteiger partial charge in [0.1, 0.15) is 35.5 Å². The SMILES string of the molecule is Cc1c(F)cc2c(cnn2C2CCCCO2)c1-c1c(C2CC2)cc2c(N3C[C@@H]4C[C@H]3CN4C(=O)OC(C)(C)C)nc(OC3CCOCC3)nc2c1OCc1ccc(C(=O)N2CCN(CCc3ccc4c(c3)c(N3CCC(=O)NC3=O)nn4C)C[C@@H]2C)cc1. The van der Waals surface area contributed by atoms with Gasteiger partial charge in [-0.15, -0.1) is 0 Å². The molecule has 7 aliphatic rings. The predicted octanol–water partition coefficient (Wildman–Crippen LogP) is 9.73. The molecule has 6 saturated heterocycles. The summed E-state index contributed by atoms with van der Waals surface area (Å²) in [5.74, 6) is 1.18. The van der Waals surface area contributed by atoms with E-state index in [4.69, 9.17) is 38.8 Å². The van der Waals surface area contributed by atoms with Crippen molar-refractivity contribution in [3.05, 3.63) is 94.4 Å². The maximum atomic E-state index is 16.9. The van der Waals surface area contributed by atoms with Crippen LogP contribution in [0.3, 0.4) is 0 Å². The first-order chi connectivity index (χ1) is 42.5. The number of benzene rings is 4. The number of carbonyl (C=O) groups is 4. The van der Waals surface area contributed by atoms with Crippen LogP contribution in [0.5, 0.6) is 11.8 Å². The molecule has 22 heteroatoms. The average molecular weight is 1200 g/mol. The molecule has 88 heavy (non-hydrogen) atoms. The van der Waals surface area contributed by atoms with Crippen LogP contribution in [0.1, 0.15) is 130 Å². The zero-order chi connectivity index (χ0) is 60.7. The smallest absolute Gasteiger partial charge is 0.410 e. The Hall–Kier alpha value is -7.95. The quantitative estimate of drug-likeness (QED) is 0.108. The van der Waals surface area contributed by atoms with E-state index in [1.807, 2.05) is 85.8 Å². The van der Waals surface area contributed by atoms with Crippen molar-refractivity contribution in [2.75, 3.05) is 75.4 Å². The molecule has 5 amide bonds. The summed E-state index contributed by atoms with van der Waals surface area (Å²) in [7, 11) is 1.85. The number of aryl methyl sites for hydroxylation is 1. The van der Waals surface area contributed by atoms with Crippen molar-refractivity contribution >= 4 is 68.3 Å². The first-order valence-electron chi connectivity index (χ1n) is 31.5. The monoisotopic (exact) mass is 1200 g/mol. The van der Waals surface area contributed by atoms with Crippen LogP contribution in [0.25, 0.3) is 43.8 Å². The third-order valence-corrected chi connectivity index (χ3v) is 18.8. The first-order valence-corrected chi connectivity index (χ1v) is 31.5. The van der Waals surface area contributed by atoms with Gasteiger partial charge in [0.05, 0.1) is 42.5 Å². The van der Waals surface area contributed by atoms with Crippen LogP contribution in [-0.2, 0) is 39.1 Å². The van der Waals surface area contributed by atoms with E-state index in [2.05, 4.69) is 45.3 Å². The number of ether oxygens (including phenoxy) is 5. The first kappa shape index (κ1) is 57.8. The lowest BCUT2D eigenvalue weighted by Gasteiger charge is -2.40. The number of nitrogens with one attached hydrogen (secondary N) is 1. The summed E-state index contributed by atoms with van der Waals surface area (Å²) in [5, 5.41) is 14.4. The summed E-state index contributed by atoms with van der Waals surface area (Å²) in [6, 6.07) is 17.2. The fraction of sp³-hybridized carbons (Fsp3) is 0.515. The minimum Gasteiger partial charge on any atom is -0.486 e. The van der Waals surface area contributed by atoms with E-state index < -0.39 is 11.6 Å². The molecule has 7 aromatic rings. The van der Waals surface area contributed by atoms with Crippen molar-refractivity contribution in [1.29, 1.82) is 0 Å². The molecule has 1 N–H and O–H groups in total. The van der Waals surface area contributed by atoms with Crippen LogP contribution in [0.4, 0.5) is 25.6 Å². The number of carbonyl (C=O) groups excluding carboxylic acids is 4. The second kappa shape index (κ2) is 23.2. The second-order valence-electron chi connectivity index (χ2n) is 26.1. The van der Waals surface area contributed by atoms with Crippen molar-refractivity contribution in [2.24, 2.45) is 7.05 Å². The van der Waals surface area contributed by atoms with E-state index in [1.54, 1.807) is 10.7 Å². The number of imide groups is 1. The van der Waals surface area contributed by atoms with Crippen LogP contribution >= 0.6 is 0 Å². The molecule has 1 unspecified atom stereocenters. The third kappa shape index (κ3) is 11.1. The summed E-state index contributed by atoms with van der Waals surface area (Å²) in [6.45, 7) is 15.5. The summed E-state index contributed by atoms with van der Waals surface area (Å²) in [5.41, 5.74) is 6.88. The Bertz CT molecular complexity index is 3880. The number of piperazine rings is 2. The Morgan fingerprint density at radius 3 is 2.35 bits per heavy atom. The highest BCUT2D eigenvalue weighted by molar-refractivity contribution is 6.09. The van der Waals surface area contributed by atoms with E-state index in [0.717, 1.165) is 95.4 Å². The van der Waals surface area contributed by atoms with Crippen molar-refractivity contribution in [3.8, 4) is 22.9 Å². The summed E-state index contributed by atoms with van der Waals surface area (Å²) in [4.78, 5) is 73.3. The van der Waals surface area contributed by atoms with E-state index in [9.17, 15) is 19.2 Å². The Balaban J connectivity index is 0.764. The maximum Gasteiger partial charge on any atom is 0.410 e. The third-order valence-electron chi connectivity index (χ3n) is 18.8. The van der Waals surface area contributed by atoms with Crippen molar-refractivity contribution in [3.63, 3.8) is 0 Å². The van der Waals surface area contributed by atoms with Crippen molar-refractivity contribution < 1.29 is 47.3 Å². The molecule has 3 aromatic heterocycles. The molecule has 9 heterocycles. The van der Waals surface area contributed by atoms with E-state index in [0.29, 0.717) is 110 Å². The molecule has 1 saturated carbocycles. The largest absolute Gasteiger partial charge is 0.486 e. The van der Waals surface area contributed by atoms with Gasteiger partial charge in [-0.05, 0) is 138 Å². The number of urea groups is 1. The topological polar surface area (TPSA) is 204 Å². The normalized spacial score (nSPS) is 22.2. The number of likely N-dealkylation sites (tertiary alicyclic amines) is 1. The van der Waals surface area contributed by atoms with Gasteiger partial charge in [0.2, 0.25) is 5.91 Å². The zero-order valence-electron chi connectivity index (χ0n) is 51.1. The molecule has 1 aliphatic carbocycles. The minimum atomic E-state index is -0.633. The minimum absolute atomic E-state index is 0.0427. The van der Waals surface area contributed by atoms with Crippen LogP contribution in [0.2, 0.25) is 0 Å². The van der Waals surface area contributed by atoms with Gasteiger partial charge in [-0.3, -0.25) is 29.4 Å². The lowest BCUT2D eigenvalue weighted by Crippen LogP contribution is -2.54. The molecule has 2 bridgehead atoms. The Labute approximate surface area is 510 Å². The molecule has 462 valence electrons. The number of rotatable bonds is 14. The molecule has 14 rings (SSSR count). The summed E-state index contributed by atoms with van der Waals surface area (Å²) < 4.78 is 52.4. The van der Waals surface area contributed by atoms with Gasteiger partial charge < -0.3 is 38.4 Å². The fourth-order valence-corrected chi connectivity index (χ4v) is 14.1. The van der Waals surface area contributed by atoms with Gasteiger partial charge in [-0.25, -0.2) is 18.7 Å². The number of nitrogens with zero attached hydrogens (tertiary/aromatic N) is 11. The van der Waals surface area contributed by atoms with Gasteiger partial charge in [-0.1, -0.05) is 18.2 Å². The van der Waals surface area contributed by atoms with Gasteiger partial charge in [0, 0.05) is 124 Å². The number of aromatic nitrogens is 6. The number of hydrogen-bond donors (Lipinski definition) is 1. The molecular weight excluding hydrogens is 1120 g/mol. The Kier molecular flexibility index (Phi) is 15.2. The molecule has 6 aliphatic heterocycles. The van der Waals surface area contributed by atoms with Gasteiger partial charge in [0.15, 0.2) is 17.8 Å². The zero-order valence-corrected chi connectivity index (χ0v) is 51.1. The molecule has 21 nitrogen and oxygen atoms in total. The standard InChI is InChI=1S/C66H77FN12O9/c1-38-34-74(22-18-40-12-17-52-48(29-40)61(72-73(52)6)76-23-19-54(80)69-64(76)82)24-25-75(38)62(81)43-13-10-41(11-14-43)37-86-59-57(56-39(2)51(67)32-53-50(56)33-68-79(53)55-9-7-8-26-85-55)47(42-15-16-42)31-49-58(59)70-63(87-46-20-27-84-28-21-46)71-60(49)77-35-45-30-44(77)36-78(45)65(83)88-66(3,4)5/h10-14,17,29,31-33,38,42,44-46,55H,7-9,15-16,18-28,30,34-37H2,1-6H3,(H,69,80,82)/t38-,44-,45-,55?/m0/s1. The fourth-order valence-electron chi connectivity index (χ4n) is 14.1. The van der Waals surface area contributed by atoms with Crippen LogP contribution in [0, 0.1) is 12.7 Å². The molecule has 4 atom stereocenters. The summed E-state index contributed by atoms with van der Waals surface area (Å²) in [6.07, 6.45) is 8.70. The molecule has 7 fully saturated rings. The Morgan fingerprint density at radius 1 is 0.818 bits per heavy atom. The van der Waals surface area contributed by atoms with Crippen LogP contribution in [-0.4, -0.2) is 164 Å². The van der Waals surface area contributed by atoms with Crippen LogP contribution < -0.4 is 24.6 Å². The van der Waals surface area contributed by atoms with E-state index >= 15 is 4.39 Å².